The van der Waals surface area contributed by atoms with Crippen LogP contribution in [0, 0.1) is 18.7 Å². The first-order valence-corrected chi connectivity index (χ1v) is 13.5. The van der Waals surface area contributed by atoms with Gasteiger partial charge in [-0.25, -0.2) is 12.8 Å². The lowest BCUT2D eigenvalue weighted by molar-refractivity contribution is 0.0843. The molecule has 1 heterocycles. The summed E-state index contributed by atoms with van der Waals surface area (Å²) in [7, 11) is -2.30. The molecule has 36 heavy (non-hydrogen) atoms. The van der Waals surface area contributed by atoms with Crippen LogP contribution < -0.4 is 9.04 Å². The molecule has 0 bridgehead atoms. The molecule has 0 amide bonds. The number of hydrogen-bond donors (Lipinski definition) is 0. The minimum atomic E-state index is -3.83. The summed E-state index contributed by atoms with van der Waals surface area (Å²) in [6, 6.07) is 19.6. The smallest absolute Gasteiger partial charge is 0.264 e. The highest BCUT2D eigenvalue weighted by Crippen LogP contribution is 2.32. The Kier molecular flexibility index (Phi) is 8.06. The molecule has 4 rings (SSSR count). The molecule has 6 nitrogen and oxygen atoms in total. The fourth-order valence-electron chi connectivity index (χ4n) is 4.54. The zero-order valence-corrected chi connectivity index (χ0v) is 21.4. The largest absolute Gasteiger partial charge is 0.495 e. The molecule has 1 saturated heterocycles. The molecule has 1 aliphatic rings. The third kappa shape index (κ3) is 5.77. The van der Waals surface area contributed by atoms with Gasteiger partial charge in [-0.15, -0.1) is 0 Å². The van der Waals surface area contributed by atoms with Gasteiger partial charge in [-0.05, 0) is 81.4 Å². The van der Waals surface area contributed by atoms with E-state index >= 15 is 0 Å². The van der Waals surface area contributed by atoms with E-state index in [1.807, 2.05) is 13.0 Å². The molecule has 0 aliphatic carbocycles. The van der Waals surface area contributed by atoms with E-state index in [9.17, 15) is 17.6 Å². The van der Waals surface area contributed by atoms with Crippen molar-refractivity contribution < 1.29 is 22.3 Å². The number of nitrogens with zero attached hydrogens (tertiary/aromatic N) is 2. The second kappa shape index (κ2) is 11.2. The van der Waals surface area contributed by atoms with E-state index in [1.165, 1.54) is 35.7 Å². The van der Waals surface area contributed by atoms with Crippen molar-refractivity contribution in [3.63, 3.8) is 0 Å². The van der Waals surface area contributed by atoms with Gasteiger partial charge in [-0.2, -0.15) is 0 Å². The van der Waals surface area contributed by atoms with E-state index in [0.717, 1.165) is 5.56 Å². The number of anilines is 1. The first-order chi connectivity index (χ1) is 17.3. The third-order valence-electron chi connectivity index (χ3n) is 6.67. The number of aryl methyl sites for hydroxylation is 1. The first-order valence-electron chi connectivity index (χ1n) is 12.0. The lowest BCUT2D eigenvalue weighted by Crippen LogP contribution is -2.43. The number of rotatable bonds is 9. The van der Waals surface area contributed by atoms with Gasteiger partial charge in [0.2, 0.25) is 0 Å². The van der Waals surface area contributed by atoms with Gasteiger partial charge < -0.3 is 9.64 Å². The standard InChI is InChI=1S/C28H31FN2O4S/c1-21-7-13-25(14-8-21)36(33,34)31(26-5-3-4-6-27(26)35-2)20-19-30-17-15-23(16-18-30)28(32)22-9-11-24(29)12-10-22/h3-14,23H,15-20H2,1-2H3. The number of carbonyl (C=O) groups excluding carboxylic acids is 1. The lowest BCUT2D eigenvalue weighted by Gasteiger charge is -2.33. The quantitative estimate of drug-likeness (QED) is 0.382. The van der Waals surface area contributed by atoms with Crippen LogP contribution in [0.25, 0.3) is 0 Å². The van der Waals surface area contributed by atoms with Crippen molar-refractivity contribution in [2.24, 2.45) is 5.92 Å². The van der Waals surface area contributed by atoms with Crippen molar-refractivity contribution in [2.75, 3.05) is 37.6 Å². The molecular formula is C28H31FN2O4S. The minimum Gasteiger partial charge on any atom is -0.495 e. The molecule has 0 unspecified atom stereocenters. The number of halogens is 1. The zero-order chi connectivity index (χ0) is 25.7. The summed E-state index contributed by atoms with van der Waals surface area (Å²) in [5.41, 5.74) is 2.00. The molecule has 3 aromatic rings. The van der Waals surface area contributed by atoms with E-state index in [2.05, 4.69) is 4.90 Å². The predicted octanol–water partition coefficient (Wildman–Crippen LogP) is 4.93. The van der Waals surface area contributed by atoms with Gasteiger partial charge in [0.15, 0.2) is 5.78 Å². The molecule has 8 heteroatoms. The summed E-state index contributed by atoms with van der Waals surface area (Å²) in [6.07, 6.45) is 1.35. The topological polar surface area (TPSA) is 66.9 Å². The first kappa shape index (κ1) is 25.9. The predicted molar refractivity (Wildman–Crippen MR) is 139 cm³/mol. The molecule has 1 aliphatic heterocycles. The number of Topliss-reactive ketones (excluding diaryl/α,β-unsaturated/α-hetero) is 1. The molecule has 1 fully saturated rings. The van der Waals surface area contributed by atoms with E-state index in [0.29, 0.717) is 49.5 Å². The van der Waals surface area contributed by atoms with Crippen LogP contribution in [0.3, 0.4) is 0 Å². The van der Waals surface area contributed by atoms with Crippen molar-refractivity contribution in [3.05, 3.63) is 89.7 Å². The molecule has 3 aromatic carbocycles. The Morgan fingerprint density at radius 1 is 1.00 bits per heavy atom. The zero-order valence-electron chi connectivity index (χ0n) is 20.6. The van der Waals surface area contributed by atoms with Crippen molar-refractivity contribution in [2.45, 2.75) is 24.7 Å². The Balaban J connectivity index is 1.47. The van der Waals surface area contributed by atoms with Crippen molar-refractivity contribution in [1.82, 2.24) is 4.90 Å². The monoisotopic (exact) mass is 510 g/mol. The molecule has 190 valence electrons. The molecule has 0 atom stereocenters. The van der Waals surface area contributed by atoms with Crippen LogP contribution in [0.5, 0.6) is 5.75 Å². The van der Waals surface area contributed by atoms with Crippen LogP contribution in [0.15, 0.2) is 77.7 Å². The van der Waals surface area contributed by atoms with E-state index in [-0.39, 0.29) is 29.0 Å². The fraction of sp³-hybridized carbons (Fsp3) is 0.321. The second-order valence-electron chi connectivity index (χ2n) is 9.05. The molecule has 0 radical (unpaired) electrons. The Labute approximate surface area is 212 Å². The number of piperidine rings is 1. The van der Waals surface area contributed by atoms with E-state index < -0.39 is 10.0 Å². The highest BCUT2D eigenvalue weighted by Gasteiger charge is 2.30. The van der Waals surface area contributed by atoms with Gasteiger partial charge in [-0.1, -0.05) is 29.8 Å². The van der Waals surface area contributed by atoms with Crippen LogP contribution in [0.4, 0.5) is 10.1 Å². The van der Waals surface area contributed by atoms with Crippen molar-refractivity contribution in [3.8, 4) is 5.75 Å². The van der Waals surface area contributed by atoms with Crippen LogP contribution in [-0.4, -0.2) is 52.4 Å². The summed E-state index contributed by atoms with van der Waals surface area (Å²) in [5, 5.41) is 0. The fourth-order valence-corrected chi connectivity index (χ4v) is 6.01. The number of methoxy groups -OCH3 is 1. The maximum absolute atomic E-state index is 13.7. The Morgan fingerprint density at radius 3 is 2.28 bits per heavy atom. The number of sulfonamides is 1. The summed E-state index contributed by atoms with van der Waals surface area (Å²) >= 11 is 0. The third-order valence-corrected chi connectivity index (χ3v) is 8.50. The maximum Gasteiger partial charge on any atom is 0.264 e. The molecule has 0 aromatic heterocycles. The van der Waals surface area contributed by atoms with Gasteiger partial charge in [0, 0.05) is 24.6 Å². The van der Waals surface area contributed by atoms with E-state index in [1.54, 1.807) is 42.5 Å². The minimum absolute atomic E-state index is 0.0345. The second-order valence-corrected chi connectivity index (χ2v) is 10.9. The summed E-state index contributed by atoms with van der Waals surface area (Å²) in [4.78, 5) is 15.2. The van der Waals surface area contributed by atoms with Gasteiger partial charge in [-0.3, -0.25) is 9.10 Å². The molecule has 0 spiro atoms. The highest BCUT2D eigenvalue weighted by atomic mass is 32.2. The number of likely N-dealkylation sites (tertiary alicyclic amines) is 1. The van der Waals surface area contributed by atoms with Gasteiger partial charge >= 0.3 is 0 Å². The van der Waals surface area contributed by atoms with Crippen molar-refractivity contribution >= 4 is 21.5 Å². The normalized spacial score (nSPS) is 15.0. The SMILES string of the molecule is COc1ccccc1N(CCN1CCC(C(=O)c2ccc(F)cc2)CC1)S(=O)(=O)c1ccc(C)cc1. The van der Waals surface area contributed by atoms with Crippen LogP contribution in [-0.2, 0) is 10.0 Å². The Bertz CT molecular complexity index is 1290. The molecular weight excluding hydrogens is 479 g/mol. The lowest BCUT2D eigenvalue weighted by atomic mass is 9.89. The number of ketones is 1. The summed E-state index contributed by atoms with van der Waals surface area (Å²) in [6.45, 7) is 4.04. The molecule has 0 saturated carbocycles. The van der Waals surface area contributed by atoms with Crippen LogP contribution in [0.1, 0.15) is 28.8 Å². The number of benzene rings is 3. The number of ether oxygens (including phenoxy) is 1. The highest BCUT2D eigenvalue weighted by molar-refractivity contribution is 7.92. The van der Waals surface area contributed by atoms with Crippen LogP contribution >= 0.6 is 0 Å². The van der Waals surface area contributed by atoms with Crippen LogP contribution in [0.2, 0.25) is 0 Å². The van der Waals surface area contributed by atoms with Gasteiger partial charge in [0.05, 0.1) is 17.7 Å². The summed E-state index contributed by atoms with van der Waals surface area (Å²) < 4.78 is 47.5. The van der Waals surface area contributed by atoms with Gasteiger partial charge in [0.1, 0.15) is 11.6 Å². The number of hydrogen-bond acceptors (Lipinski definition) is 5. The average Bonchev–Trinajstić information content (AvgIpc) is 2.89. The number of carbonyl (C=O) groups is 1. The summed E-state index contributed by atoms with van der Waals surface area (Å²) in [5.74, 6) is 0.0407. The molecule has 0 N–H and O–H groups in total. The Morgan fingerprint density at radius 2 is 1.64 bits per heavy atom. The average molecular weight is 511 g/mol. The maximum atomic E-state index is 13.7. The van der Waals surface area contributed by atoms with Crippen molar-refractivity contribution in [1.29, 1.82) is 0 Å². The van der Waals surface area contributed by atoms with E-state index in [4.69, 9.17) is 4.74 Å². The number of para-hydroxylation sites is 2. The Hall–Kier alpha value is -3.23. The van der Waals surface area contributed by atoms with Gasteiger partial charge in [0.25, 0.3) is 10.0 Å².